The summed E-state index contributed by atoms with van der Waals surface area (Å²) < 4.78 is 5.10. The van der Waals surface area contributed by atoms with Gasteiger partial charge in [0.05, 0.1) is 12.1 Å². The van der Waals surface area contributed by atoms with Crippen LogP contribution in [0.15, 0.2) is 18.2 Å². The van der Waals surface area contributed by atoms with E-state index in [2.05, 4.69) is 5.32 Å². The maximum atomic E-state index is 12.6. The van der Waals surface area contributed by atoms with Crippen molar-refractivity contribution < 1.29 is 14.3 Å². The molecular formula is C17H24ClN3O3. The van der Waals surface area contributed by atoms with E-state index in [4.69, 9.17) is 16.3 Å². The van der Waals surface area contributed by atoms with Crippen LogP contribution in [-0.4, -0.2) is 60.6 Å². The van der Waals surface area contributed by atoms with Gasteiger partial charge in [0.25, 0.3) is 5.91 Å². The molecule has 7 heteroatoms. The highest BCUT2D eigenvalue weighted by molar-refractivity contribution is 6.32. The highest BCUT2D eigenvalue weighted by Crippen LogP contribution is 2.25. The number of amides is 3. The largest absolute Gasteiger partial charge is 0.495 e. The van der Waals surface area contributed by atoms with Gasteiger partial charge in [-0.05, 0) is 39.0 Å². The molecule has 2 rings (SSSR count). The molecule has 1 heterocycles. The maximum absolute atomic E-state index is 12.6. The monoisotopic (exact) mass is 353 g/mol. The fraction of sp³-hybridized carbons (Fsp3) is 0.529. The summed E-state index contributed by atoms with van der Waals surface area (Å²) in [4.78, 5) is 28.2. The predicted molar refractivity (Wildman–Crippen MR) is 93.8 cm³/mol. The Morgan fingerprint density at radius 3 is 2.21 bits per heavy atom. The number of hydrogen-bond donors (Lipinski definition) is 1. The van der Waals surface area contributed by atoms with E-state index in [0.717, 1.165) is 0 Å². The van der Waals surface area contributed by atoms with Crippen molar-refractivity contribution in [2.75, 3.05) is 33.3 Å². The number of methoxy groups -OCH3 is 1. The number of benzene rings is 1. The van der Waals surface area contributed by atoms with Crippen molar-refractivity contribution in [3.05, 3.63) is 28.8 Å². The Hall–Kier alpha value is -1.95. The van der Waals surface area contributed by atoms with Crippen LogP contribution in [0.2, 0.25) is 5.02 Å². The molecule has 0 unspecified atom stereocenters. The first-order chi connectivity index (χ1) is 11.2. The second-order valence-electron chi connectivity index (χ2n) is 6.81. The predicted octanol–water partition coefficient (Wildman–Crippen LogP) is 2.61. The summed E-state index contributed by atoms with van der Waals surface area (Å²) >= 11 is 6.08. The molecule has 3 amide bonds. The molecule has 1 fully saturated rings. The van der Waals surface area contributed by atoms with Crippen molar-refractivity contribution in [2.45, 2.75) is 26.3 Å². The van der Waals surface area contributed by atoms with E-state index in [1.807, 2.05) is 20.8 Å². The summed E-state index contributed by atoms with van der Waals surface area (Å²) in [5.74, 6) is 0.451. The second-order valence-corrected chi connectivity index (χ2v) is 7.22. The fourth-order valence-electron chi connectivity index (χ4n) is 2.49. The number of piperazine rings is 1. The minimum Gasteiger partial charge on any atom is -0.495 e. The van der Waals surface area contributed by atoms with Crippen LogP contribution in [0.4, 0.5) is 4.79 Å². The molecule has 1 aromatic rings. The summed E-state index contributed by atoms with van der Waals surface area (Å²) in [6, 6.07) is 4.90. The Bertz CT molecular complexity index is 620. The SMILES string of the molecule is COc1ccc(C(=O)N2CCN(C(=O)NC(C)(C)C)CC2)cc1Cl. The highest BCUT2D eigenvalue weighted by atomic mass is 35.5. The zero-order chi connectivity index (χ0) is 17.9. The van der Waals surface area contributed by atoms with Gasteiger partial charge >= 0.3 is 6.03 Å². The minimum atomic E-state index is -0.274. The van der Waals surface area contributed by atoms with Crippen LogP contribution in [0, 0.1) is 0 Å². The molecule has 0 aromatic heterocycles. The van der Waals surface area contributed by atoms with E-state index in [1.54, 1.807) is 28.0 Å². The van der Waals surface area contributed by atoms with Crippen LogP contribution >= 0.6 is 11.6 Å². The number of carbonyl (C=O) groups is 2. The van der Waals surface area contributed by atoms with Crippen LogP contribution in [0.3, 0.4) is 0 Å². The van der Waals surface area contributed by atoms with Gasteiger partial charge in [-0.1, -0.05) is 11.6 Å². The lowest BCUT2D eigenvalue weighted by Crippen LogP contribution is -2.56. The molecule has 132 valence electrons. The van der Waals surface area contributed by atoms with Gasteiger partial charge in [0.15, 0.2) is 0 Å². The van der Waals surface area contributed by atoms with E-state index in [0.29, 0.717) is 42.5 Å². The number of ether oxygens (including phenoxy) is 1. The Morgan fingerprint density at radius 2 is 1.71 bits per heavy atom. The molecule has 1 aromatic carbocycles. The fourth-order valence-corrected chi connectivity index (χ4v) is 2.75. The summed E-state index contributed by atoms with van der Waals surface area (Å²) in [6.07, 6.45) is 0. The van der Waals surface area contributed by atoms with Gasteiger partial charge in [0.2, 0.25) is 0 Å². The lowest BCUT2D eigenvalue weighted by Gasteiger charge is -2.36. The molecule has 0 aliphatic carbocycles. The third-order valence-electron chi connectivity index (χ3n) is 3.73. The number of halogens is 1. The molecule has 24 heavy (non-hydrogen) atoms. The van der Waals surface area contributed by atoms with Gasteiger partial charge in [-0.25, -0.2) is 4.79 Å². The van der Waals surface area contributed by atoms with Gasteiger partial charge in [0, 0.05) is 37.3 Å². The van der Waals surface area contributed by atoms with E-state index >= 15 is 0 Å². The molecule has 1 N–H and O–H groups in total. The average Bonchev–Trinajstić information content (AvgIpc) is 2.52. The first kappa shape index (κ1) is 18.4. The second kappa shape index (κ2) is 7.30. The van der Waals surface area contributed by atoms with E-state index in [9.17, 15) is 9.59 Å². The molecule has 6 nitrogen and oxygen atoms in total. The number of hydrogen-bond acceptors (Lipinski definition) is 3. The normalized spacial score (nSPS) is 15.2. The summed E-state index contributed by atoms with van der Waals surface area (Å²) in [5, 5.41) is 3.35. The smallest absolute Gasteiger partial charge is 0.317 e. The van der Waals surface area contributed by atoms with E-state index in [-0.39, 0.29) is 17.5 Å². The summed E-state index contributed by atoms with van der Waals surface area (Å²) in [7, 11) is 1.53. The molecule has 1 saturated heterocycles. The first-order valence-electron chi connectivity index (χ1n) is 7.91. The van der Waals surface area contributed by atoms with Gasteiger partial charge < -0.3 is 19.9 Å². The Balaban J connectivity index is 1.95. The number of nitrogens with one attached hydrogen (secondary N) is 1. The average molecular weight is 354 g/mol. The van der Waals surface area contributed by atoms with Crippen molar-refractivity contribution >= 4 is 23.5 Å². The van der Waals surface area contributed by atoms with Crippen LogP contribution in [0.1, 0.15) is 31.1 Å². The van der Waals surface area contributed by atoms with Crippen molar-refractivity contribution in [3.63, 3.8) is 0 Å². The van der Waals surface area contributed by atoms with Gasteiger partial charge in [-0.2, -0.15) is 0 Å². The topological polar surface area (TPSA) is 61.9 Å². The van der Waals surface area contributed by atoms with Crippen molar-refractivity contribution in [1.82, 2.24) is 15.1 Å². The quantitative estimate of drug-likeness (QED) is 0.889. The molecule has 1 aliphatic rings. The first-order valence-corrected chi connectivity index (χ1v) is 8.29. The lowest BCUT2D eigenvalue weighted by molar-refractivity contribution is 0.0661. The molecular weight excluding hydrogens is 330 g/mol. The van der Waals surface area contributed by atoms with Crippen molar-refractivity contribution in [3.8, 4) is 5.75 Å². The number of rotatable bonds is 2. The van der Waals surface area contributed by atoms with Crippen LogP contribution in [0.5, 0.6) is 5.75 Å². The van der Waals surface area contributed by atoms with E-state index in [1.165, 1.54) is 7.11 Å². The van der Waals surface area contributed by atoms with Crippen molar-refractivity contribution in [2.24, 2.45) is 0 Å². The molecule has 0 spiro atoms. The highest BCUT2D eigenvalue weighted by Gasteiger charge is 2.26. The number of urea groups is 1. The number of carbonyl (C=O) groups excluding carboxylic acids is 2. The van der Waals surface area contributed by atoms with Gasteiger partial charge in [-0.3, -0.25) is 4.79 Å². The third-order valence-corrected chi connectivity index (χ3v) is 4.03. The zero-order valence-corrected chi connectivity index (χ0v) is 15.3. The number of nitrogens with zero attached hydrogens (tertiary/aromatic N) is 2. The zero-order valence-electron chi connectivity index (χ0n) is 14.6. The molecule has 0 bridgehead atoms. The Labute approximate surface area is 147 Å². The summed E-state index contributed by atoms with van der Waals surface area (Å²) in [6.45, 7) is 7.85. The third kappa shape index (κ3) is 4.54. The van der Waals surface area contributed by atoms with E-state index < -0.39 is 0 Å². The molecule has 0 radical (unpaired) electrons. The standard InChI is InChI=1S/C17H24ClN3O3/c1-17(2,3)19-16(23)21-9-7-20(8-10-21)15(22)12-5-6-14(24-4)13(18)11-12/h5-6,11H,7-10H2,1-4H3,(H,19,23). The molecule has 0 atom stereocenters. The lowest BCUT2D eigenvalue weighted by atomic mass is 10.1. The summed E-state index contributed by atoms with van der Waals surface area (Å²) in [5.41, 5.74) is 0.248. The van der Waals surface area contributed by atoms with Crippen LogP contribution in [-0.2, 0) is 0 Å². The minimum absolute atomic E-state index is 0.0876. The molecule has 0 saturated carbocycles. The van der Waals surface area contributed by atoms with Gasteiger partial charge in [-0.15, -0.1) is 0 Å². The molecule has 1 aliphatic heterocycles. The Morgan fingerprint density at radius 1 is 1.12 bits per heavy atom. The van der Waals surface area contributed by atoms with Gasteiger partial charge in [0.1, 0.15) is 5.75 Å². The Kier molecular flexibility index (Phi) is 5.59. The maximum Gasteiger partial charge on any atom is 0.317 e. The van der Waals surface area contributed by atoms with Crippen molar-refractivity contribution in [1.29, 1.82) is 0 Å². The van der Waals surface area contributed by atoms with Crippen LogP contribution < -0.4 is 10.1 Å². The van der Waals surface area contributed by atoms with Crippen LogP contribution in [0.25, 0.3) is 0 Å².